The molecule has 0 saturated heterocycles. The molecule has 4 aromatic rings. The highest BCUT2D eigenvalue weighted by Crippen LogP contribution is 2.34. The molecule has 1 aliphatic carbocycles. The van der Waals surface area contributed by atoms with Gasteiger partial charge in [-0.25, -0.2) is 9.59 Å². The van der Waals surface area contributed by atoms with Gasteiger partial charge < -0.3 is 29.3 Å². The molecule has 1 aromatic heterocycles. The molecule has 0 aliphatic heterocycles. The summed E-state index contributed by atoms with van der Waals surface area (Å²) >= 11 is 0. The summed E-state index contributed by atoms with van der Waals surface area (Å²) < 4.78 is 22.8. The predicted octanol–water partition coefficient (Wildman–Crippen LogP) is 6.83. The first-order chi connectivity index (χ1) is 21.1. The highest BCUT2D eigenvalue weighted by Gasteiger charge is 2.34. The number of furan rings is 1. The molecule has 9 heteroatoms. The third kappa shape index (κ3) is 7.78. The summed E-state index contributed by atoms with van der Waals surface area (Å²) in [7, 11) is 0. The van der Waals surface area contributed by atoms with Crippen molar-refractivity contribution in [3.8, 4) is 16.9 Å². The summed E-state index contributed by atoms with van der Waals surface area (Å²) in [6, 6.07) is 20.0. The molecule has 0 unspecified atom stereocenters. The summed E-state index contributed by atoms with van der Waals surface area (Å²) in [5, 5.41) is 6.58. The van der Waals surface area contributed by atoms with E-state index in [0.717, 1.165) is 46.1 Å². The zero-order valence-electron chi connectivity index (χ0n) is 25.5. The van der Waals surface area contributed by atoms with Crippen LogP contribution in [0.25, 0.3) is 22.1 Å². The molecular formula is C35H38N2O7. The summed E-state index contributed by atoms with van der Waals surface area (Å²) in [4.78, 5) is 37.7. The first-order valence-corrected chi connectivity index (χ1v) is 14.9. The lowest BCUT2D eigenvalue weighted by Crippen LogP contribution is -2.36. The van der Waals surface area contributed by atoms with Gasteiger partial charge in [0.2, 0.25) is 5.91 Å². The fraction of sp³-hybridized carbons (Fsp3) is 0.343. The van der Waals surface area contributed by atoms with Crippen LogP contribution >= 0.6 is 0 Å². The normalized spacial score (nSPS) is 13.6. The number of benzene rings is 3. The van der Waals surface area contributed by atoms with E-state index in [4.69, 9.17) is 18.6 Å². The van der Waals surface area contributed by atoms with Crippen molar-refractivity contribution in [2.45, 2.75) is 65.3 Å². The van der Waals surface area contributed by atoms with Crippen LogP contribution in [0.3, 0.4) is 0 Å². The quantitative estimate of drug-likeness (QED) is 0.182. The Labute approximate surface area is 256 Å². The van der Waals surface area contributed by atoms with Gasteiger partial charge in [-0.2, -0.15) is 0 Å². The van der Waals surface area contributed by atoms with Gasteiger partial charge in [0.15, 0.2) is 6.04 Å². The molecule has 3 aromatic carbocycles. The van der Waals surface area contributed by atoms with E-state index in [2.05, 4.69) is 10.6 Å². The first-order valence-electron chi connectivity index (χ1n) is 14.9. The number of carbonyl (C=O) groups excluding carboxylic acids is 3. The molecule has 1 saturated carbocycles. The van der Waals surface area contributed by atoms with Crippen LogP contribution in [0.4, 0.5) is 4.79 Å². The van der Waals surface area contributed by atoms with Gasteiger partial charge in [0.25, 0.3) is 0 Å². The van der Waals surface area contributed by atoms with Crippen molar-refractivity contribution in [1.29, 1.82) is 0 Å². The maximum Gasteiger partial charge on any atom is 0.407 e. The Kier molecular flexibility index (Phi) is 9.23. The maximum absolute atomic E-state index is 12.9. The van der Waals surface area contributed by atoms with Crippen LogP contribution in [-0.4, -0.2) is 30.2 Å². The van der Waals surface area contributed by atoms with Crippen LogP contribution in [0.5, 0.6) is 5.75 Å². The molecule has 9 nitrogen and oxygen atoms in total. The molecule has 230 valence electrons. The number of nitrogens with one attached hydrogen (secondary N) is 2. The zero-order valence-corrected chi connectivity index (χ0v) is 25.5. The van der Waals surface area contributed by atoms with Gasteiger partial charge >= 0.3 is 12.1 Å². The van der Waals surface area contributed by atoms with Gasteiger partial charge in [-0.15, -0.1) is 0 Å². The van der Waals surface area contributed by atoms with E-state index in [1.165, 1.54) is 0 Å². The lowest BCUT2D eigenvalue weighted by Gasteiger charge is -2.21. The lowest BCUT2D eigenvalue weighted by molar-refractivity contribution is -0.147. The van der Waals surface area contributed by atoms with E-state index in [1.54, 1.807) is 31.4 Å². The highest BCUT2D eigenvalue weighted by molar-refractivity contribution is 5.93. The molecule has 5 rings (SSSR count). The first kappa shape index (κ1) is 30.7. The monoisotopic (exact) mass is 598 g/mol. The Balaban J connectivity index is 1.37. The van der Waals surface area contributed by atoms with Gasteiger partial charge in [-0.05, 0) is 87.6 Å². The smallest absolute Gasteiger partial charge is 0.407 e. The van der Waals surface area contributed by atoms with Crippen LogP contribution < -0.4 is 15.4 Å². The van der Waals surface area contributed by atoms with E-state index < -0.39 is 23.7 Å². The van der Waals surface area contributed by atoms with Crippen molar-refractivity contribution in [2.75, 3.05) is 6.61 Å². The van der Waals surface area contributed by atoms with E-state index in [1.807, 2.05) is 69.3 Å². The molecule has 1 atom stereocenters. The van der Waals surface area contributed by atoms with Crippen molar-refractivity contribution < 1.29 is 33.0 Å². The minimum atomic E-state index is -0.969. The Morgan fingerprint density at radius 1 is 0.977 bits per heavy atom. The third-order valence-corrected chi connectivity index (χ3v) is 7.07. The second-order valence-corrected chi connectivity index (χ2v) is 11.8. The molecule has 1 fully saturated rings. The van der Waals surface area contributed by atoms with Gasteiger partial charge in [-0.3, -0.25) is 4.79 Å². The second-order valence-electron chi connectivity index (χ2n) is 11.8. The van der Waals surface area contributed by atoms with Crippen molar-refractivity contribution in [3.05, 3.63) is 89.7 Å². The Morgan fingerprint density at radius 3 is 2.52 bits per heavy atom. The summed E-state index contributed by atoms with van der Waals surface area (Å²) in [5.74, 6) is -0.269. The van der Waals surface area contributed by atoms with Crippen LogP contribution in [0.2, 0.25) is 0 Å². The SMILES string of the molecule is CCOC(=O)[C@@H](NC(=O)C1CC1)c1ccccc1OCc1cc(-c2cccc(CNC(=O)OC(C)(C)C)c2)c2occc2c1. The number of amides is 2. The average molecular weight is 599 g/mol. The van der Waals surface area contributed by atoms with E-state index in [0.29, 0.717) is 17.9 Å². The van der Waals surface area contributed by atoms with Gasteiger partial charge in [0, 0.05) is 29.0 Å². The molecule has 2 N–H and O–H groups in total. The molecule has 0 spiro atoms. The van der Waals surface area contributed by atoms with E-state index in [9.17, 15) is 14.4 Å². The van der Waals surface area contributed by atoms with E-state index >= 15 is 0 Å². The van der Waals surface area contributed by atoms with Gasteiger partial charge in [0.1, 0.15) is 23.5 Å². The topological polar surface area (TPSA) is 116 Å². The zero-order chi connectivity index (χ0) is 31.3. The Morgan fingerprint density at radius 2 is 1.77 bits per heavy atom. The van der Waals surface area contributed by atoms with Gasteiger partial charge in [0.05, 0.1) is 12.9 Å². The maximum atomic E-state index is 12.9. The fourth-order valence-corrected chi connectivity index (χ4v) is 4.89. The minimum absolute atomic E-state index is 0.0632. The Hall–Kier alpha value is -4.79. The molecule has 44 heavy (non-hydrogen) atoms. The summed E-state index contributed by atoms with van der Waals surface area (Å²) in [6.07, 6.45) is 2.81. The number of rotatable bonds is 11. The van der Waals surface area contributed by atoms with E-state index in [-0.39, 0.29) is 25.0 Å². The van der Waals surface area contributed by atoms with Crippen LogP contribution in [0, 0.1) is 5.92 Å². The minimum Gasteiger partial charge on any atom is -0.489 e. The van der Waals surface area contributed by atoms with Crippen LogP contribution in [-0.2, 0) is 32.2 Å². The number of hydrogen-bond donors (Lipinski definition) is 2. The number of fused-ring (bicyclic) bond motifs is 1. The largest absolute Gasteiger partial charge is 0.489 e. The standard InChI is InChI=1S/C35H38N2O7/c1-5-41-33(39)30(37-32(38)24-13-14-24)27-11-6-7-12-29(27)43-21-23-18-26-15-16-42-31(26)28(19-23)25-10-8-9-22(17-25)20-36-34(40)44-35(2,3)4/h6-12,15-19,24,30H,5,13-14,20-21H2,1-4H3,(H,36,40)(H,37,38)/t30-/m0/s1. The lowest BCUT2D eigenvalue weighted by atomic mass is 9.99. The molecule has 0 radical (unpaired) electrons. The van der Waals surface area contributed by atoms with Crippen molar-refractivity contribution >= 4 is 28.9 Å². The summed E-state index contributed by atoms with van der Waals surface area (Å²) in [6.45, 7) is 7.91. The number of ether oxygens (including phenoxy) is 3. The number of esters is 1. The van der Waals surface area contributed by atoms with Crippen molar-refractivity contribution in [3.63, 3.8) is 0 Å². The summed E-state index contributed by atoms with van der Waals surface area (Å²) in [5.41, 5.74) is 4.27. The predicted molar refractivity (Wildman–Crippen MR) is 166 cm³/mol. The fourth-order valence-electron chi connectivity index (χ4n) is 4.89. The van der Waals surface area contributed by atoms with Gasteiger partial charge in [-0.1, -0.05) is 36.4 Å². The van der Waals surface area contributed by atoms with Crippen molar-refractivity contribution in [2.24, 2.45) is 5.92 Å². The third-order valence-electron chi connectivity index (χ3n) is 7.07. The van der Waals surface area contributed by atoms with Crippen LogP contribution in [0.1, 0.15) is 63.3 Å². The molecule has 2 amide bonds. The van der Waals surface area contributed by atoms with Crippen molar-refractivity contribution in [1.82, 2.24) is 10.6 Å². The Bertz CT molecular complexity index is 1650. The molecule has 0 bridgehead atoms. The molecular weight excluding hydrogens is 560 g/mol. The number of carbonyl (C=O) groups is 3. The highest BCUT2D eigenvalue weighted by atomic mass is 16.6. The number of alkyl carbamates (subject to hydrolysis) is 1. The number of para-hydroxylation sites is 1. The molecule has 1 aliphatic rings. The van der Waals surface area contributed by atoms with Crippen LogP contribution in [0.15, 0.2) is 77.4 Å². The molecule has 1 heterocycles. The second kappa shape index (κ2) is 13.2. The number of hydrogen-bond acceptors (Lipinski definition) is 7. The average Bonchev–Trinajstić information content (AvgIpc) is 3.74.